The molecule has 0 radical (unpaired) electrons. The summed E-state index contributed by atoms with van der Waals surface area (Å²) in [6.45, 7) is 8.86. The molecule has 0 aliphatic rings. The van der Waals surface area contributed by atoms with E-state index in [0.717, 1.165) is 0 Å². The van der Waals surface area contributed by atoms with E-state index in [2.05, 4.69) is 26.2 Å². The molecule has 0 atom stereocenters. The maximum absolute atomic E-state index is 5.51. The minimum Gasteiger partial charge on any atom is -0.461 e. The van der Waals surface area contributed by atoms with Crippen molar-refractivity contribution in [1.29, 1.82) is 0 Å². The third-order valence-corrected chi connectivity index (χ3v) is 5.20. The summed E-state index contributed by atoms with van der Waals surface area (Å²) in [4.78, 5) is 0. The Morgan fingerprint density at radius 1 is 1.22 bits per heavy atom. The largest absolute Gasteiger partial charge is 0.461 e. The summed E-state index contributed by atoms with van der Waals surface area (Å²) < 4.78 is 5.51. The first-order chi connectivity index (χ1) is 4.06. The van der Waals surface area contributed by atoms with E-state index in [4.69, 9.17) is 4.12 Å². The van der Waals surface area contributed by atoms with Crippen LogP contribution in [0.2, 0.25) is 26.2 Å². The summed E-state index contributed by atoms with van der Waals surface area (Å²) in [6.07, 6.45) is 0. The molecule has 0 aromatic carbocycles. The van der Waals surface area contributed by atoms with Gasteiger partial charge in [-0.15, -0.1) is 0 Å². The van der Waals surface area contributed by atoms with Crippen LogP contribution < -0.4 is 0 Å². The normalized spacial score (nSPS) is 12.0. The average Bonchev–Trinajstić information content (AvgIpc) is 1.69. The van der Waals surface area contributed by atoms with E-state index in [-0.39, 0.29) is 9.76 Å². The van der Waals surface area contributed by atoms with Crippen LogP contribution in [0.25, 0.3) is 0 Å². The Kier molecular flexibility index (Phi) is 9.64. The Morgan fingerprint density at radius 3 is 1.56 bits per heavy atom. The fourth-order valence-electron chi connectivity index (χ4n) is 0.433. The van der Waals surface area contributed by atoms with E-state index in [9.17, 15) is 0 Å². The summed E-state index contributed by atoms with van der Waals surface area (Å²) in [5.41, 5.74) is 0. The van der Waals surface area contributed by atoms with E-state index in [1.165, 1.54) is 19.5 Å². The fraction of sp³-hybridized carbons (Fsp3) is 1.00. The molecule has 0 aliphatic heterocycles. The van der Waals surface area contributed by atoms with Crippen molar-refractivity contribution < 1.29 is 4.12 Å². The number of rotatable bonds is 2. The zero-order chi connectivity index (χ0) is 7.91. The molecule has 0 bridgehead atoms. The van der Waals surface area contributed by atoms with Crippen molar-refractivity contribution in [2.45, 2.75) is 26.2 Å². The molecule has 0 unspecified atom stereocenters. The maximum atomic E-state index is 5.51. The average molecular weight is 197 g/mol. The molecule has 58 valence electrons. The van der Waals surface area contributed by atoms with Gasteiger partial charge < -0.3 is 4.12 Å². The lowest BCUT2D eigenvalue weighted by molar-refractivity contribution is 0.603. The van der Waals surface area contributed by atoms with Gasteiger partial charge in [0, 0.05) is 0 Å². The summed E-state index contributed by atoms with van der Waals surface area (Å²) in [7, 11) is 1.66. The first-order valence-electron chi connectivity index (χ1n) is 3.70. The van der Waals surface area contributed by atoms with Crippen LogP contribution in [0, 0.1) is 0 Å². The van der Waals surface area contributed by atoms with Gasteiger partial charge in [0.25, 0.3) is 0 Å². The standard InChI is InChI=1S/C4H14OSi2.H6Si2/c1-6-5-7(2,3)4;1-2/h6H2,1-4H3;1-2H3. The second-order valence-corrected chi connectivity index (χ2v) is 8.50. The van der Waals surface area contributed by atoms with Crippen LogP contribution in [0.15, 0.2) is 0 Å². The molecule has 0 heterocycles. The summed E-state index contributed by atoms with van der Waals surface area (Å²) in [5, 5.41) is 0. The molecular formula is C4H20OSi4. The van der Waals surface area contributed by atoms with Crippen LogP contribution >= 0.6 is 0 Å². The van der Waals surface area contributed by atoms with Gasteiger partial charge in [-0.05, 0) is 39.2 Å². The van der Waals surface area contributed by atoms with Crippen LogP contribution in [0.1, 0.15) is 0 Å². The molecule has 0 aromatic heterocycles. The monoisotopic (exact) mass is 196 g/mol. The van der Waals surface area contributed by atoms with Crippen LogP contribution in [0.4, 0.5) is 0 Å². The molecule has 0 saturated carbocycles. The minimum absolute atomic E-state index is 0.128. The van der Waals surface area contributed by atoms with Crippen molar-refractivity contribution in [1.82, 2.24) is 0 Å². The predicted molar refractivity (Wildman–Crippen MR) is 58.7 cm³/mol. The number of hydrogen-bond acceptors (Lipinski definition) is 1. The fourth-order valence-corrected chi connectivity index (χ4v) is 3.90. The van der Waals surface area contributed by atoms with Gasteiger partial charge in [-0.1, -0.05) is 6.55 Å². The van der Waals surface area contributed by atoms with Gasteiger partial charge in [0.15, 0.2) is 8.32 Å². The lowest BCUT2D eigenvalue weighted by Crippen LogP contribution is -2.26. The van der Waals surface area contributed by atoms with E-state index in [1.807, 2.05) is 0 Å². The van der Waals surface area contributed by atoms with E-state index in [1.54, 1.807) is 0 Å². The molecule has 0 aliphatic carbocycles. The third kappa shape index (κ3) is 17.7. The molecule has 0 saturated heterocycles. The second-order valence-electron chi connectivity index (χ2n) is 2.55. The Morgan fingerprint density at radius 2 is 1.56 bits per heavy atom. The molecule has 5 heteroatoms. The summed E-state index contributed by atoms with van der Waals surface area (Å²) >= 11 is 0. The van der Waals surface area contributed by atoms with Crippen molar-refractivity contribution in [3.8, 4) is 0 Å². The SMILES string of the molecule is C[SiH2]O[Si](C)(C)C.[SiH3][SiH3]. The van der Waals surface area contributed by atoms with Gasteiger partial charge in [-0.3, -0.25) is 0 Å². The Labute approximate surface area is 68.3 Å². The summed E-state index contributed by atoms with van der Waals surface area (Å²) in [6, 6.07) is 0. The Hall–Kier alpha value is 0.828. The van der Waals surface area contributed by atoms with Gasteiger partial charge in [-0.2, -0.15) is 0 Å². The van der Waals surface area contributed by atoms with Gasteiger partial charge in [0.1, 0.15) is 9.76 Å². The quantitative estimate of drug-likeness (QED) is 0.494. The molecule has 0 N–H and O–H groups in total. The van der Waals surface area contributed by atoms with E-state index in [0.29, 0.717) is 0 Å². The molecule has 9 heavy (non-hydrogen) atoms. The highest BCUT2D eigenvalue weighted by Crippen LogP contribution is 1.99. The van der Waals surface area contributed by atoms with Gasteiger partial charge >= 0.3 is 0 Å². The zero-order valence-corrected chi connectivity index (χ0v) is 14.0. The van der Waals surface area contributed by atoms with E-state index >= 15 is 0 Å². The number of hydrogen-bond donors (Lipinski definition) is 0. The zero-order valence-electron chi connectivity index (χ0n) is 7.62. The van der Waals surface area contributed by atoms with Crippen molar-refractivity contribution in [2.75, 3.05) is 0 Å². The smallest absolute Gasteiger partial charge is 0.169 e. The highest BCUT2D eigenvalue weighted by Gasteiger charge is 2.10. The van der Waals surface area contributed by atoms with Crippen molar-refractivity contribution in [2.24, 2.45) is 0 Å². The second kappa shape index (κ2) is 6.94. The van der Waals surface area contributed by atoms with E-state index < -0.39 is 8.32 Å². The topological polar surface area (TPSA) is 9.23 Å². The highest BCUT2D eigenvalue weighted by molar-refractivity contribution is 6.75. The highest BCUT2D eigenvalue weighted by atomic mass is 29.1. The van der Waals surface area contributed by atoms with Crippen LogP contribution in [-0.4, -0.2) is 37.6 Å². The molecular weight excluding hydrogens is 176 g/mol. The van der Waals surface area contributed by atoms with Crippen LogP contribution in [-0.2, 0) is 4.12 Å². The lowest BCUT2D eigenvalue weighted by atomic mass is 11.8. The molecule has 0 amide bonds. The minimum atomic E-state index is -1.10. The first kappa shape index (κ1) is 12.5. The Bertz CT molecular complexity index is 51.0. The first-order valence-corrected chi connectivity index (χ1v) is 17.1. The van der Waals surface area contributed by atoms with Gasteiger partial charge in [0.05, 0.1) is 0 Å². The summed E-state index contributed by atoms with van der Waals surface area (Å²) in [5.74, 6) is 0. The molecule has 0 aromatic rings. The van der Waals surface area contributed by atoms with Gasteiger partial charge in [0.2, 0.25) is 0 Å². The third-order valence-electron chi connectivity index (χ3n) is 0.577. The molecule has 1 nitrogen and oxygen atoms in total. The molecule has 0 rings (SSSR count). The molecule has 0 spiro atoms. The Balaban J connectivity index is 0. The molecule has 0 fully saturated rings. The van der Waals surface area contributed by atoms with Crippen LogP contribution in [0.5, 0.6) is 0 Å². The van der Waals surface area contributed by atoms with Crippen LogP contribution in [0.3, 0.4) is 0 Å². The van der Waals surface area contributed by atoms with Crippen molar-refractivity contribution in [3.05, 3.63) is 0 Å². The lowest BCUT2D eigenvalue weighted by Gasteiger charge is -2.14. The van der Waals surface area contributed by atoms with Crippen molar-refractivity contribution >= 4 is 37.6 Å². The maximum Gasteiger partial charge on any atom is 0.169 e. The van der Waals surface area contributed by atoms with Gasteiger partial charge in [-0.25, -0.2) is 0 Å². The van der Waals surface area contributed by atoms with Crippen molar-refractivity contribution in [3.63, 3.8) is 0 Å². The predicted octanol–water partition coefficient (Wildman–Crippen LogP) is -1.40.